The van der Waals surface area contributed by atoms with Gasteiger partial charge in [-0.05, 0) is 48.1 Å². The van der Waals surface area contributed by atoms with Crippen LogP contribution in [0.25, 0.3) is 0 Å². The van der Waals surface area contributed by atoms with Crippen LogP contribution in [0, 0.1) is 11.6 Å². The van der Waals surface area contributed by atoms with Gasteiger partial charge in [-0.15, -0.1) is 12.4 Å². The normalized spacial score (nSPS) is 15.0. The minimum absolute atomic E-state index is 0. The van der Waals surface area contributed by atoms with Gasteiger partial charge in [0, 0.05) is 38.8 Å². The Hall–Kier alpha value is -3.08. The van der Waals surface area contributed by atoms with Crippen LogP contribution in [-0.4, -0.2) is 77.5 Å². The maximum Gasteiger partial charge on any atom is 0.312 e. The maximum atomic E-state index is 13.8. The molecule has 0 aliphatic carbocycles. The van der Waals surface area contributed by atoms with Crippen molar-refractivity contribution in [3.63, 3.8) is 0 Å². The topological polar surface area (TPSA) is 102 Å². The van der Waals surface area contributed by atoms with E-state index in [2.05, 4.69) is 23.6 Å². The highest BCUT2D eigenvalue weighted by molar-refractivity contribution is 6.35. The summed E-state index contributed by atoms with van der Waals surface area (Å²) in [7, 11) is 0. The Kier molecular flexibility index (Phi) is 13.5. The molecule has 0 saturated carbocycles. The number of carbonyl (C=O) groups excluding carboxylic acids is 3. The van der Waals surface area contributed by atoms with Crippen molar-refractivity contribution in [3.05, 3.63) is 70.8 Å². The third-order valence-corrected chi connectivity index (χ3v) is 6.78. The molecule has 1 saturated heterocycles. The van der Waals surface area contributed by atoms with E-state index in [1.807, 2.05) is 25.1 Å². The lowest BCUT2D eigenvalue weighted by Crippen LogP contribution is -2.57. The number of nitrogens with one attached hydrogen (secondary N) is 2. The van der Waals surface area contributed by atoms with Gasteiger partial charge in [0.25, 0.3) is 0 Å². The van der Waals surface area contributed by atoms with E-state index in [9.17, 15) is 28.3 Å². The molecule has 0 radical (unpaired) electrons. The SMILES string of the molecule is CCCCN1CCN(CC(=O)N[C@@H](Cc2cc(F)cc(F)c2)[C@H](O)CNCc2cccc(CC)c2)C(=O)C1=O.Cl. The quantitative estimate of drug-likeness (QED) is 0.298. The molecule has 0 spiro atoms. The summed E-state index contributed by atoms with van der Waals surface area (Å²) in [5.74, 6) is -3.47. The summed E-state index contributed by atoms with van der Waals surface area (Å²) < 4.78 is 27.6. The first-order valence-corrected chi connectivity index (χ1v) is 13.5. The van der Waals surface area contributed by atoms with Crippen molar-refractivity contribution in [2.24, 2.45) is 0 Å². The van der Waals surface area contributed by atoms with Gasteiger partial charge in [0.05, 0.1) is 12.1 Å². The molecule has 3 N–H and O–H groups in total. The second-order valence-corrected chi connectivity index (χ2v) is 9.90. The Labute approximate surface area is 240 Å². The fraction of sp³-hybridized carbons (Fsp3) is 0.483. The molecule has 3 rings (SSSR count). The van der Waals surface area contributed by atoms with Crippen LogP contribution in [-0.2, 0) is 33.8 Å². The molecule has 1 heterocycles. The van der Waals surface area contributed by atoms with E-state index in [1.165, 1.54) is 15.4 Å². The summed E-state index contributed by atoms with van der Waals surface area (Å²) in [6, 6.07) is 10.2. The van der Waals surface area contributed by atoms with E-state index in [4.69, 9.17) is 0 Å². The highest BCUT2D eigenvalue weighted by Crippen LogP contribution is 2.13. The van der Waals surface area contributed by atoms with Crippen LogP contribution >= 0.6 is 12.4 Å². The Morgan fingerprint density at radius 3 is 2.30 bits per heavy atom. The van der Waals surface area contributed by atoms with Crippen molar-refractivity contribution < 1.29 is 28.3 Å². The van der Waals surface area contributed by atoms with Crippen molar-refractivity contribution >= 4 is 30.1 Å². The van der Waals surface area contributed by atoms with Gasteiger partial charge in [-0.3, -0.25) is 14.4 Å². The van der Waals surface area contributed by atoms with Crippen LogP contribution < -0.4 is 10.6 Å². The third kappa shape index (κ3) is 9.83. The Bertz CT molecular complexity index is 1130. The van der Waals surface area contributed by atoms with Crippen LogP contribution in [0.15, 0.2) is 42.5 Å². The number of unbranched alkanes of at least 4 members (excludes halogenated alkanes) is 1. The van der Waals surface area contributed by atoms with Gasteiger partial charge in [0.1, 0.15) is 18.2 Å². The van der Waals surface area contributed by atoms with E-state index in [-0.39, 0.29) is 44.0 Å². The number of aliphatic hydroxyl groups is 1. The van der Waals surface area contributed by atoms with Crippen LogP contribution in [0.5, 0.6) is 0 Å². The van der Waals surface area contributed by atoms with Crippen molar-refractivity contribution in [1.29, 1.82) is 0 Å². The molecule has 0 aromatic heterocycles. The summed E-state index contributed by atoms with van der Waals surface area (Å²) in [4.78, 5) is 40.6. The molecule has 2 aromatic carbocycles. The van der Waals surface area contributed by atoms with Crippen LogP contribution in [0.1, 0.15) is 43.4 Å². The minimum atomic E-state index is -1.10. The zero-order valence-electron chi connectivity index (χ0n) is 23.0. The largest absolute Gasteiger partial charge is 0.390 e. The summed E-state index contributed by atoms with van der Waals surface area (Å²) in [5.41, 5.74) is 2.49. The number of hydrogen-bond donors (Lipinski definition) is 3. The van der Waals surface area contributed by atoms with Crippen molar-refractivity contribution in [3.8, 4) is 0 Å². The van der Waals surface area contributed by atoms with Gasteiger partial charge in [-0.2, -0.15) is 0 Å². The van der Waals surface area contributed by atoms with Gasteiger partial charge in [-0.25, -0.2) is 8.78 Å². The van der Waals surface area contributed by atoms with E-state index in [0.717, 1.165) is 43.0 Å². The number of nitrogens with zero attached hydrogens (tertiary/aromatic N) is 2. The van der Waals surface area contributed by atoms with Crippen LogP contribution in [0.4, 0.5) is 8.78 Å². The molecule has 1 fully saturated rings. The standard InChI is InChI=1S/C29H38F2N4O4.ClH/c1-3-5-9-34-10-11-35(29(39)28(34)38)19-27(37)33-25(15-22-13-23(30)16-24(31)14-22)26(36)18-32-17-21-8-6-7-20(4-2)12-21;/h6-8,12-14,16,25-26,32,36H,3-5,9-11,15,17-19H2,1-2H3,(H,33,37);1H/t25-,26+;/m0./s1. The average Bonchev–Trinajstić information content (AvgIpc) is 2.90. The summed E-state index contributed by atoms with van der Waals surface area (Å²) in [5, 5.41) is 16.8. The summed E-state index contributed by atoms with van der Waals surface area (Å²) >= 11 is 0. The number of carbonyl (C=O) groups is 3. The van der Waals surface area contributed by atoms with Gasteiger partial charge >= 0.3 is 11.8 Å². The first-order chi connectivity index (χ1) is 18.7. The molecular formula is C29H39ClF2N4O4. The first-order valence-electron chi connectivity index (χ1n) is 13.5. The summed E-state index contributed by atoms with van der Waals surface area (Å²) in [6.45, 7) is 5.35. The van der Waals surface area contributed by atoms with E-state index in [0.29, 0.717) is 19.6 Å². The second-order valence-electron chi connectivity index (χ2n) is 9.90. The van der Waals surface area contributed by atoms with Gasteiger partial charge in [0.15, 0.2) is 0 Å². The van der Waals surface area contributed by atoms with Gasteiger partial charge in [0.2, 0.25) is 5.91 Å². The molecule has 2 aromatic rings. The average molecular weight is 581 g/mol. The molecule has 40 heavy (non-hydrogen) atoms. The maximum absolute atomic E-state index is 13.8. The highest BCUT2D eigenvalue weighted by atomic mass is 35.5. The monoisotopic (exact) mass is 580 g/mol. The molecule has 8 nitrogen and oxygen atoms in total. The number of piperazine rings is 1. The number of hydrogen-bond acceptors (Lipinski definition) is 5. The van der Waals surface area contributed by atoms with E-state index >= 15 is 0 Å². The smallest absolute Gasteiger partial charge is 0.312 e. The lowest BCUT2D eigenvalue weighted by Gasteiger charge is -2.34. The van der Waals surface area contributed by atoms with Crippen molar-refractivity contribution in [2.45, 2.75) is 58.2 Å². The van der Waals surface area contributed by atoms with Gasteiger partial charge < -0.3 is 25.5 Å². The zero-order valence-corrected chi connectivity index (χ0v) is 23.8. The fourth-order valence-electron chi connectivity index (χ4n) is 4.59. The Balaban J connectivity index is 0.00000560. The first kappa shape index (κ1) is 33.1. The molecule has 1 aliphatic rings. The molecule has 1 aliphatic heterocycles. The molecule has 0 bridgehead atoms. The summed E-state index contributed by atoms with van der Waals surface area (Å²) in [6.07, 6.45) is 1.45. The number of aliphatic hydroxyl groups excluding tert-OH is 1. The molecule has 2 atom stereocenters. The van der Waals surface area contributed by atoms with Gasteiger partial charge in [-0.1, -0.05) is 44.5 Å². The fourth-order valence-corrected chi connectivity index (χ4v) is 4.59. The van der Waals surface area contributed by atoms with Crippen molar-refractivity contribution in [2.75, 3.05) is 32.7 Å². The Morgan fingerprint density at radius 1 is 0.975 bits per heavy atom. The molecule has 11 heteroatoms. The predicted molar refractivity (Wildman–Crippen MR) is 151 cm³/mol. The lowest BCUT2D eigenvalue weighted by molar-refractivity contribution is -0.157. The van der Waals surface area contributed by atoms with E-state index < -0.39 is 41.5 Å². The third-order valence-electron chi connectivity index (χ3n) is 6.78. The predicted octanol–water partition coefficient (Wildman–Crippen LogP) is 2.60. The number of amides is 3. The number of benzene rings is 2. The lowest BCUT2D eigenvalue weighted by atomic mass is 10.0. The second kappa shape index (κ2) is 16.2. The molecule has 220 valence electrons. The molecule has 3 amide bonds. The molecular weight excluding hydrogens is 542 g/mol. The van der Waals surface area contributed by atoms with Crippen LogP contribution in [0.3, 0.4) is 0 Å². The zero-order chi connectivity index (χ0) is 28.4. The number of halogens is 3. The highest BCUT2D eigenvalue weighted by Gasteiger charge is 2.33. The Morgan fingerprint density at radius 2 is 1.62 bits per heavy atom. The number of rotatable bonds is 14. The number of aryl methyl sites for hydroxylation is 1. The van der Waals surface area contributed by atoms with Crippen molar-refractivity contribution in [1.82, 2.24) is 20.4 Å². The molecule has 0 unspecified atom stereocenters. The van der Waals surface area contributed by atoms with E-state index in [1.54, 1.807) is 0 Å². The van der Waals surface area contributed by atoms with Crippen LogP contribution in [0.2, 0.25) is 0 Å². The minimum Gasteiger partial charge on any atom is -0.390 e.